The largest absolute Gasteiger partial charge is 0.465 e. The summed E-state index contributed by atoms with van der Waals surface area (Å²) in [6, 6.07) is 0. The molecule has 1 saturated heterocycles. The molecule has 2 saturated carbocycles. The number of epoxide rings is 1. The molecule has 0 N–H and O–H groups in total. The topological polar surface area (TPSA) is 91.4 Å². The van der Waals surface area contributed by atoms with Gasteiger partial charge >= 0.3 is 17.9 Å². The number of carbonyl (C=O) groups is 3. The van der Waals surface area contributed by atoms with Crippen molar-refractivity contribution in [1.82, 2.24) is 0 Å². The monoisotopic (exact) mass is 434 g/mol. The maximum Gasteiger partial charge on any atom is 0.331 e. The average Bonchev–Trinajstić information content (AvgIpc) is 3.34. The van der Waals surface area contributed by atoms with E-state index in [-0.39, 0.29) is 46.9 Å². The summed E-state index contributed by atoms with van der Waals surface area (Å²) in [7, 11) is 0. The van der Waals surface area contributed by atoms with Crippen LogP contribution in [0.1, 0.15) is 59.8 Å². The maximum atomic E-state index is 11.9. The predicted molar refractivity (Wildman–Crippen MR) is 111 cm³/mol. The summed E-state index contributed by atoms with van der Waals surface area (Å²) in [5, 5.41) is 0. The molecule has 2 aliphatic carbocycles. The summed E-state index contributed by atoms with van der Waals surface area (Å²) in [4.78, 5) is 35.0. The molecule has 172 valence electrons. The molecular formula is C24H34O7. The maximum absolute atomic E-state index is 11.9. The van der Waals surface area contributed by atoms with Gasteiger partial charge in [0.1, 0.15) is 12.7 Å². The van der Waals surface area contributed by atoms with Crippen molar-refractivity contribution in [3.63, 3.8) is 0 Å². The molecule has 0 bridgehead atoms. The highest BCUT2D eigenvalue weighted by Gasteiger charge is 2.65. The van der Waals surface area contributed by atoms with Gasteiger partial charge in [0, 0.05) is 31.8 Å². The highest BCUT2D eigenvalue weighted by Crippen LogP contribution is 2.62. The number of ether oxygens (including phenoxy) is 4. The lowest BCUT2D eigenvalue weighted by Gasteiger charge is -2.58. The van der Waals surface area contributed by atoms with Crippen LogP contribution in [0, 0.1) is 29.1 Å². The van der Waals surface area contributed by atoms with Crippen molar-refractivity contribution in [2.24, 2.45) is 29.1 Å². The van der Waals surface area contributed by atoms with Crippen molar-refractivity contribution in [3.05, 3.63) is 11.6 Å². The van der Waals surface area contributed by atoms with E-state index in [0.29, 0.717) is 31.7 Å². The minimum absolute atomic E-state index is 0.0127. The molecule has 1 spiro atoms. The fourth-order valence-corrected chi connectivity index (χ4v) is 6.52. The van der Waals surface area contributed by atoms with Crippen molar-refractivity contribution >= 4 is 17.9 Å². The van der Waals surface area contributed by atoms with Crippen molar-refractivity contribution in [2.75, 3.05) is 19.8 Å². The van der Waals surface area contributed by atoms with E-state index in [2.05, 4.69) is 13.8 Å². The van der Waals surface area contributed by atoms with Gasteiger partial charge in [0.2, 0.25) is 0 Å². The second-order valence-electron chi connectivity index (χ2n) is 10.2. The molecule has 7 heteroatoms. The summed E-state index contributed by atoms with van der Waals surface area (Å²) >= 11 is 0. The summed E-state index contributed by atoms with van der Waals surface area (Å²) in [6.07, 6.45) is 5.88. The Balaban J connectivity index is 1.61. The fourth-order valence-electron chi connectivity index (χ4n) is 6.52. The molecular weight excluding hydrogens is 400 g/mol. The number of carbonyl (C=O) groups excluding carboxylic acids is 3. The average molecular weight is 435 g/mol. The van der Waals surface area contributed by atoms with Crippen molar-refractivity contribution in [3.8, 4) is 0 Å². The second kappa shape index (κ2) is 8.23. The van der Waals surface area contributed by atoms with Crippen LogP contribution < -0.4 is 0 Å². The van der Waals surface area contributed by atoms with E-state index in [1.165, 1.54) is 13.8 Å². The van der Waals surface area contributed by atoms with Gasteiger partial charge in [0.25, 0.3) is 0 Å². The predicted octanol–water partition coefficient (Wildman–Crippen LogP) is 3.20. The number of fused-ring (bicyclic) bond motifs is 1. The molecule has 31 heavy (non-hydrogen) atoms. The first-order chi connectivity index (χ1) is 14.6. The first-order valence-electron chi connectivity index (χ1n) is 11.5. The number of rotatable bonds is 6. The molecule has 4 aliphatic rings. The first kappa shape index (κ1) is 22.3. The summed E-state index contributed by atoms with van der Waals surface area (Å²) < 4.78 is 22.4. The van der Waals surface area contributed by atoms with Gasteiger partial charge in [-0.1, -0.05) is 13.8 Å². The lowest BCUT2D eigenvalue weighted by Crippen LogP contribution is -2.58. The van der Waals surface area contributed by atoms with Gasteiger partial charge in [-0.3, -0.25) is 9.59 Å². The Kier molecular flexibility index (Phi) is 5.92. The van der Waals surface area contributed by atoms with Crippen LogP contribution in [-0.2, 0) is 33.3 Å². The Morgan fingerprint density at radius 2 is 2.00 bits per heavy atom. The minimum Gasteiger partial charge on any atom is -0.465 e. The van der Waals surface area contributed by atoms with Gasteiger partial charge in [-0.15, -0.1) is 0 Å². The minimum atomic E-state index is -0.299. The number of hydrogen-bond donors (Lipinski definition) is 0. The van der Waals surface area contributed by atoms with Crippen molar-refractivity contribution < 1.29 is 33.3 Å². The molecule has 7 atom stereocenters. The van der Waals surface area contributed by atoms with Crippen LogP contribution in [0.15, 0.2) is 11.6 Å². The van der Waals surface area contributed by atoms with E-state index in [9.17, 15) is 14.4 Å². The van der Waals surface area contributed by atoms with E-state index in [1.807, 2.05) is 0 Å². The fraction of sp³-hybridized carbons (Fsp3) is 0.792. The van der Waals surface area contributed by atoms with Gasteiger partial charge in [0.05, 0.1) is 18.8 Å². The molecule has 3 fully saturated rings. The van der Waals surface area contributed by atoms with Gasteiger partial charge in [-0.25, -0.2) is 4.79 Å². The third-order valence-corrected chi connectivity index (χ3v) is 8.48. The van der Waals surface area contributed by atoms with E-state index in [4.69, 9.17) is 18.9 Å². The van der Waals surface area contributed by atoms with Crippen molar-refractivity contribution in [2.45, 2.75) is 71.5 Å². The Bertz CT molecular complexity index is 783. The van der Waals surface area contributed by atoms with Crippen LogP contribution in [0.25, 0.3) is 0 Å². The molecule has 2 aliphatic heterocycles. The zero-order valence-corrected chi connectivity index (χ0v) is 19.0. The van der Waals surface area contributed by atoms with Crippen LogP contribution in [0.3, 0.4) is 0 Å². The van der Waals surface area contributed by atoms with Crippen LogP contribution in [0.2, 0.25) is 0 Å². The van der Waals surface area contributed by atoms with E-state index < -0.39 is 0 Å². The standard InChI is InChI=1S/C24H34O7/c1-14-9-20(31-16(3)26)22-18(23(14,4)7-5-17-10-21(27)29-11-17)6-8-24(13-30-24)19(22)12-28-15(2)25/h10,14,18-20,22H,5-9,11-13H2,1-4H3/t14-,18-,19+,20+,22+,23+,24+/m1/s1. The van der Waals surface area contributed by atoms with E-state index in [1.54, 1.807) is 6.08 Å². The first-order valence-corrected chi connectivity index (χ1v) is 11.5. The molecule has 0 aromatic heterocycles. The zero-order valence-electron chi connectivity index (χ0n) is 19.0. The lowest BCUT2D eigenvalue weighted by molar-refractivity contribution is -0.183. The highest BCUT2D eigenvalue weighted by molar-refractivity contribution is 5.85. The summed E-state index contributed by atoms with van der Waals surface area (Å²) in [6.45, 7) is 8.84. The molecule has 7 nitrogen and oxygen atoms in total. The SMILES string of the molecule is CC(=O)OC[C@H]1[C@H]2[C@@H](OC(C)=O)C[C@@H](C)[C@](C)(CCC3=CC(=O)OC3)[C@@H]2CC[C@]12CO2. The van der Waals surface area contributed by atoms with Crippen LogP contribution in [0.4, 0.5) is 0 Å². The van der Waals surface area contributed by atoms with Gasteiger partial charge in [-0.05, 0) is 54.9 Å². The van der Waals surface area contributed by atoms with Gasteiger partial charge in [-0.2, -0.15) is 0 Å². The highest BCUT2D eigenvalue weighted by atomic mass is 16.6. The Hall–Kier alpha value is -1.89. The number of cyclic esters (lactones) is 1. The molecule has 0 aromatic carbocycles. The zero-order chi connectivity index (χ0) is 22.4. The molecule has 4 rings (SSSR count). The third kappa shape index (κ3) is 4.26. The number of esters is 3. The van der Waals surface area contributed by atoms with Gasteiger partial charge < -0.3 is 18.9 Å². The summed E-state index contributed by atoms with van der Waals surface area (Å²) in [5.74, 6) is -0.0647. The second-order valence-corrected chi connectivity index (χ2v) is 10.2. The van der Waals surface area contributed by atoms with Crippen LogP contribution in [0.5, 0.6) is 0 Å². The number of hydrogen-bond acceptors (Lipinski definition) is 7. The Morgan fingerprint density at radius 3 is 2.58 bits per heavy atom. The normalized spacial score (nSPS) is 41.2. The smallest absolute Gasteiger partial charge is 0.331 e. The quantitative estimate of drug-likeness (QED) is 0.360. The van der Waals surface area contributed by atoms with E-state index >= 15 is 0 Å². The Morgan fingerprint density at radius 1 is 1.26 bits per heavy atom. The molecule has 0 aromatic rings. The molecule has 0 unspecified atom stereocenters. The molecule has 0 amide bonds. The van der Waals surface area contributed by atoms with Crippen LogP contribution in [-0.4, -0.2) is 49.4 Å². The lowest BCUT2D eigenvalue weighted by atomic mass is 9.48. The van der Waals surface area contributed by atoms with Crippen molar-refractivity contribution in [1.29, 1.82) is 0 Å². The van der Waals surface area contributed by atoms with Gasteiger partial charge in [0.15, 0.2) is 0 Å². The van der Waals surface area contributed by atoms with Crippen LogP contribution >= 0.6 is 0 Å². The van der Waals surface area contributed by atoms with E-state index in [0.717, 1.165) is 37.7 Å². The third-order valence-electron chi connectivity index (χ3n) is 8.48. The Labute approximate surface area is 183 Å². The molecule has 0 radical (unpaired) electrons. The molecule has 2 heterocycles. The summed E-state index contributed by atoms with van der Waals surface area (Å²) in [5.41, 5.74) is 0.801.